The van der Waals surface area contributed by atoms with Crippen LogP contribution in [0.25, 0.3) is 5.65 Å². The van der Waals surface area contributed by atoms with Gasteiger partial charge in [0.2, 0.25) is 0 Å². The predicted molar refractivity (Wildman–Crippen MR) is 75.9 cm³/mol. The number of aromatic nitrogens is 2. The van der Waals surface area contributed by atoms with Gasteiger partial charge in [-0.15, -0.1) is 0 Å². The van der Waals surface area contributed by atoms with Crippen LogP contribution in [-0.4, -0.2) is 38.4 Å². The lowest BCUT2D eigenvalue weighted by atomic mass is 10.2. The summed E-state index contributed by atoms with van der Waals surface area (Å²) in [6.07, 6.45) is 8.84. The number of carbonyl (C=O) groups is 1. The van der Waals surface area contributed by atoms with Gasteiger partial charge in [-0.05, 0) is 38.1 Å². The van der Waals surface area contributed by atoms with E-state index in [2.05, 4.69) is 9.88 Å². The lowest BCUT2D eigenvalue weighted by Crippen LogP contribution is -2.24. The van der Waals surface area contributed by atoms with E-state index in [1.54, 1.807) is 18.3 Å². The number of hydrogen-bond acceptors (Lipinski definition) is 3. The summed E-state index contributed by atoms with van der Waals surface area (Å²) in [6, 6.07) is 3.25. The molecule has 0 saturated carbocycles. The number of imidazole rings is 1. The maximum atomic E-state index is 11.0. The van der Waals surface area contributed by atoms with Gasteiger partial charge >= 0.3 is 5.97 Å². The number of aromatic carboxylic acids is 1. The molecule has 5 heteroatoms. The van der Waals surface area contributed by atoms with Crippen molar-refractivity contribution in [3.63, 3.8) is 0 Å². The Morgan fingerprint density at radius 1 is 1.25 bits per heavy atom. The van der Waals surface area contributed by atoms with E-state index >= 15 is 0 Å². The van der Waals surface area contributed by atoms with E-state index in [1.165, 1.54) is 25.7 Å². The average molecular weight is 273 g/mol. The van der Waals surface area contributed by atoms with Crippen LogP contribution in [0.15, 0.2) is 24.5 Å². The quantitative estimate of drug-likeness (QED) is 0.933. The summed E-state index contributed by atoms with van der Waals surface area (Å²) in [4.78, 5) is 17.7. The maximum Gasteiger partial charge on any atom is 0.335 e. The molecule has 106 valence electrons. The third kappa shape index (κ3) is 2.67. The molecule has 1 aliphatic rings. The lowest BCUT2D eigenvalue weighted by Gasteiger charge is -2.19. The molecule has 5 nitrogen and oxygen atoms in total. The molecule has 3 rings (SSSR count). The number of hydrogen-bond donors (Lipinski definition) is 1. The van der Waals surface area contributed by atoms with Crippen LogP contribution < -0.4 is 0 Å². The molecule has 0 amide bonds. The zero-order chi connectivity index (χ0) is 13.9. The summed E-state index contributed by atoms with van der Waals surface area (Å²) in [5.41, 5.74) is 2.11. The standard InChI is InChI=1S/C15H19N3O2/c19-15(20)12-5-8-18-13(10-16-14(18)9-12)11-17-6-3-1-2-4-7-17/h5,8-10H,1-4,6-7,11H2,(H,19,20). The van der Waals surface area contributed by atoms with Crippen LogP contribution in [0.2, 0.25) is 0 Å². The highest BCUT2D eigenvalue weighted by Gasteiger charge is 2.13. The first-order valence-corrected chi connectivity index (χ1v) is 7.16. The third-order valence-electron chi connectivity index (χ3n) is 3.92. The molecule has 2 aromatic rings. The van der Waals surface area contributed by atoms with Gasteiger partial charge in [-0.25, -0.2) is 9.78 Å². The fraction of sp³-hybridized carbons (Fsp3) is 0.467. The first-order chi connectivity index (χ1) is 9.74. The van der Waals surface area contributed by atoms with Gasteiger partial charge < -0.3 is 9.51 Å². The van der Waals surface area contributed by atoms with Gasteiger partial charge in [0, 0.05) is 12.7 Å². The molecule has 0 bridgehead atoms. The molecule has 2 aromatic heterocycles. The molecular weight excluding hydrogens is 254 g/mol. The van der Waals surface area contributed by atoms with Crippen LogP contribution in [0.3, 0.4) is 0 Å². The molecule has 0 radical (unpaired) electrons. The van der Waals surface area contributed by atoms with Gasteiger partial charge in [-0.3, -0.25) is 4.90 Å². The fourth-order valence-corrected chi connectivity index (χ4v) is 2.81. The zero-order valence-corrected chi connectivity index (χ0v) is 11.5. The Labute approximate surface area is 117 Å². The van der Waals surface area contributed by atoms with E-state index in [9.17, 15) is 4.79 Å². The molecular formula is C15H19N3O2. The van der Waals surface area contributed by atoms with Gasteiger partial charge in [-0.2, -0.15) is 0 Å². The van der Waals surface area contributed by atoms with Crippen molar-refractivity contribution in [1.29, 1.82) is 0 Å². The third-order valence-corrected chi connectivity index (χ3v) is 3.92. The molecule has 1 saturated heterocycles. The van der Waals surface area contributed by atoms with E-state index in [-0.39, 0.29) is 5.56 Å². The maximum absolute atomic E-state index is 11.0. The summed E-state index contributed by atoms with van der Waals surface area (Å²) in [6.45, 7) is 3.16. The average Bonchev–Trinajstić information content (AvgIpc) is 2.66. The van der Waals surface area contributed by atoms with Crippen molar-refractivity contribution in [2.24, 2.45) is 0 Å². The topological polar surface area (TPSA) is 57.8 Å². The van der Waals surface area contributed by atoms with Gasteiger partial charge in [-0.1, -0.05) is 12.8 Å². The van der Waals surface area contributed by atoms with Crippen LogP contribution in [0.1, 0.15) is 41.7 Å². The highest BCUT2D eigenvalue weighted by atomic mass is 16.4. The summed E-state index contributed by atoms with van der Waals surface area (Å²) >= 11 is 0. The van der Waals surface area contributed by atoms with Crippen LogP contribution in [0.5, 0.6) is 0 Å². The Hall–Kier alpha value is -1.88. The summed E-state index contributed by atoms with van der Waals surface area (Å²) in [5.74, 6) is -0.912. The van der Waals surface area contributed by atoms with Crippen molar-refractivity contribution in [3.8, 4) is 0 Å². The zero-order valence-electron chi connectivity index (χ0n) is 11.5. The van der Waals surface area contributed by atoms with Crippen LogP contribution in [0.4, 0.5) is 0 Å². The number of pyridine rings is 1. The second-order valence-corrected chi connectivity index (χ2v) is 5.39. The molecule has 0 aromatic carbocycles. The lowest BCUT2D eigenvalue weighted by molar-refractivity contribution is 0.0697. The molecule has 20 heavy (non-hydrogen) atoms. The monoisotopic (exact) mass is 273 g/mol. The van der Waals surface area contributed by atoms with E-state index in [0.29, 0.717) is 5.65 Å². The Morgan fingerprint density at radius 3 is 2.70 bits per heavy atom. The SMILES string of the molecule is O=C(O)c1ccn2c(CN3CCCCCC3)cnc2c1. The number of carboxylic acid groups (broad SMARTS) is 1. The normalized spacial score (nSPS) is 17.2. The summed E-state index contributed by atoms with van der Waals surface area (Å²) in [5, 5.41) is 9.00. The van der Waals surface area contributed by atoms with E-state index in [1.807, 2.05) is 10.6 Å². The van der Waals surface area contributed by atoms with Gasteiger partial charge in [0.15, 0.2) is 0 Å². The predicted octanol–water partition coefficient (Wildman–Crippen LogP) is 2.41. The Kier molecular flexibility index (Phi) is 3.69. The molecule has 0 unspecified atom stereocenters. The molecule has 1 N–H and O–H groups in total. The summed E-state index contributed by atoms with van der Waals surface area (Å²) < 4.78 is 1.98. The van der Waals surface area contributed by atoms with Gasteiger partial charge in [0.1, 0.15) is 5.65 Å². The number of likely N-dealkylation sites (tertiary alicyclic amines) is 1. The van der Waals surface area contributed by atoms with E-state index in [0.717, 1.165) is 25.3 Å². The minimum absolute atomic E-state index is 0.282. The van der Waals surface area contributed by atoms with E-state index in [4.69, 9.17) is 5.11 Å². The molecule has 0 spiro atoms. The Balaban J connectivity index is 1.83. The number of rotatable bonds is 3. The van der Waals surface area contributed by atoms with Gasteiger partial charge in [0.05, 0.1) is 17.5 Å². The number of fused-ring (bicyclic) bond motifs is 1. The van der Waals surface area contributed by atoms with Crippen LogP contribution >= 0.6 is 0 Å². The molecule has 0 atom stereocenters. The Bertz CT molecular complexity index is 613. The highest BCUT2D eigenvalue weighted by Crippen LogP contribution is 2.15. The first kappa shape index (κ1) is 13.1. The smallest absolute Gasteiger partial charge is 0.335 e. The second-order valence-electron chi connectivity index (χ2n) is 5.39. The molecule has 0 aliphatic carbocycles. The van der Waals surface area contributed by atoms with Crippen LogP contribution in [-0.2, 0) is 6.54 Å². The second kappa shape index (κ2) is 5.63. The minimum Gasteiger partial charge on any atom is -0.478 e. The van der Waals surface area contributed by atoms with Crippen molar-refractivity contribution in [2.45, 2.75) is 32.2 Å². The van der Waals surface area contributed by atoms with Crippen molar-refractivity contribution in [2.75, 3.05) is 13.1 Å². The summed E-state index contributed by atoms with van der Waals surface area (Å²) in [7, 11) is 0. The molecule has 1 fully saturated rings. The fourth-order valence-electron chi connectivity index (χ4n) is 2.81. The molecule has 3 heterocycles. The van der Waals surface area contributed by atoms with Crippen molar-refractivity contribution >= 4 is 11.6 Å². The Morgan fingerprint density at radius 2 is 2.00 bits per heavy atom. The van der Waals surface area contributed by atoms with Crippen molar-refractivity contribution in [3.05, 3.63) is 35.8 Å². The minimum atomic E-state index is -0.912. The molecule has 1 aliphatic heterocycles. The van der Waals surface area contributed by atoms with Crippen molar-refractivity contribution < 1.29 is 9.90 Å². The largest absolute Gasteiger partial charge is 0.478 e. The van der Waals surface area contributed by atoms with Gasteiger partial charge in [0.25, 0.3) is 0 Å². The number of nitrogens with zero attached hydrogens (tertiary/aromatic N) is 3. The van der Waals surface area contributed by atoms with Crippen molar-refractivity contribution in [1.82, 2.24) is 14.3 Å². The van der Waals surface area contributed by atoms with E-state index < -0.39 is 5.97 Å². The first-order valence-electron chi connectivity index (χ1n) is 7.16. The van der Waals surface area contributed by atoms with Crippen LogP contribution in [0, 0.1) is 0 Å². The highest BCUT2D eigenvalue weighted by molar-refractivity contribution is 5.88. The number of carboxylic acids is 1.